The second-order valence-electron chi connectivity index (χ2n) is 4.78. The average Bonchev–Trinajstić information content (AvgIpc) is 2.98. The quantitative estimate of drug-likeness (QED) is 0.787. The molecule has 0 aliphatic heterocycles. The molecule has 0 saturated heterocycles. The molecule has 1 heterocycles. The summed E-state index contributed by atoms with van der Waals surface area (Å²) in [5.74, 6) is 0.481. The number of nitrogens with zero attached hydrogens (tertiary/aromatic N) is 2. The Kier molecular flexibility index (Phi) is 6.07. The van der Waals surface area contributed by atoms with Crippen molar-refractivity contribution < 1.29 is 19.1 Å². The summed E-state index contributed by atoms with van der Waals surface area (Å²) in [6, 6.07) is 4.87. The molecule has 1 aromatic heterocycles. The number of carbonyl (C=O) groups is 2. The molecule has 0 aliphatic rings. The summed E-state index contributed by atoms with van der Waals surface area (Å²) in [5, 5.41) is 14.1. The third-order valence-corrected chi connectivity index (χ3v) is 3.78. The molecule has 0 bridgehead atoms. The number of ether oxygens (including phenoxy) is 2. The molecule has 0 saturated carbocycles. The van der Waals surface area contributed by atoms with Crippen molar-refractivity contribution in [1.29, 1.82) is 0 Å². The molecule has 0 aliphatic carbocycles. The lowest BCUT2D eigenvalue weighted by molar-refractivity contribution is -0.116. The van der Waals surface area contributed by atoms with Crippen LogP contribution in [0.2, 0.25) is 0 Å². The fraction of sp³-hybridized carbons (Fsp3) is 0.333. The third-order valence-electron chi connectivity index (χ3n) is 3.02. The van der Waals surface area contributed by atoms with E-state index in [0.717, 1.165) is 5.01 Å². The minimum Gasteiger partial charge on any atom is -0.497 e. The molecular weight excluding hydrogens is 332 g/mol. The number of aromatic nitrogens is 2. The van der Waals surface area contributed by atoms with E-state index < -0.39 is 0 Å². The summed E-state index contributed by atoms with van der Waals surface area (Å²) >= 11 is 1.29. The highest BCUT2D eigenvalue weighted by Crippen LogP contribution is 2.22. The topological polar surface area (TPSA) is 102 Å². The fourth-order valence-corrected chi connectivity index (χ4v) is 2.47. The van der Waals surface area contributed by atoms with Gasteiger partial charge < -0.3 is 20.1 Å². The minimum absolute atomic E-state index is 0.130. The maximum atomic E-state index is 12.1. The fourth-order valence-electron chi connectivity index (χ4n) is 1.86. The number of amides is 2. The highest BCUT2D eigenvalue weighted by molar-refractivity contribution is 7.15. The molecule has 2 amide bonds. The van der Waals surface area contributed by atoms with Gasteiger partial charge in [-0.3, -0.25) is 9.59 Å². The zero-order chi connectivity index (χ0) is 17.5. The largest absolute Gasteiger partial charge is 0.497 e. The molecule has 2 N–H and O–H groups in total. The molecule has 24 heavy (non-hydrogen) atoms. The van der Waals surface area contributed by atoms with Crippen molar-refractivity contribution in [2.45, 2.75) is 13.3 Å². The number of anilines is 1. The number of hydrogen-bond acceptors (Lipinski definition) is 7. The lowest BCUT2D eigenvalue weighted by Gasteiger charge is -2.09. The summed E-state index contributed by atoms with van der Waals surface area (Å²) in [6.45, 7) is 2.00. The van der Waals surface area contributed by atoms with E-state index >= 15 is 0 Å². The van der Waals surface area contributed by atoms with Crippen molar-refractivity contribution in [1.82, 2.24) is 15.5 Å². The van der Waals surface area contributed by atoms with Crippen LogP contribution < -0.4 is 20.1 Å². The van der Waals surface area contributed by atoms with Gasteiger partial charge >= 0.3 is 0 Å². The van der Waals surface area contributed by atoms with Crippen molar-refractivity contribution in [2.24, 2.45) is 0 Å². The Balaban J connectivity index is 1.85. The predicted octanol–water partition coefficient (Wildman–Crippen LogP) is 1.62. The van der Waals surface area contributed by atoms with E-state index in [1.54, 1.807) is 25.1 Å². The first-order valence-electron chi connectivity index (χ1n) is 7.13. The van der Waals surface area contributed by atoms with Crippen LogP contribution in [0.25, 0.3) is 0 Å². The van der Waals surface area contributed by atoms with Crippen LogP contribution in [-0.4, -0.2) is 42.8 Å². The maximum Gasteiger partial charge on any atom is 0.251 e. The average molecular weight is 350 g/mol. The second kappa shape index (κ2) is 8.25. The monoisotopic (exact) mass is 350 g/mol. The summed E-state index contributed by atoms with van der Waals surface area (Å²) in [5.41, 5.74) is 0.395. The molecular formula is C15H18N4O4S. The Morgan fingerprint density at radius 3 is 2.33 bits per heavy atom. The number of nitrogens with one attached hydrogen (secondary N) is 2. The van der Waals surface area contributed by atoms with Crippen LogP contribution in [0, 0.1) is 6.92 Å². The van der Waals surface area contributed by atoms with E-state index in [4.69, 9.17) is 9.47 Å². The van der Waals surface area contributed by atoms with Gasteiger partial charge in [0.25, 0.3) is 5.91 Å². The number of rotatable bonds is 7. The van der Waals surface area contributed by atoms with Gasteiger partial charge in [0.2, 0.25) is 11.0 Å². The van der Waals surface area contributed by atoms with Gasteiger partial charge in [0.1, 0.15) is 16.5 Å². The first kappa shape index (κ1) is 17.7. The van der Waals surface area contributed by atoms with Crippen molar-refractivity contribution >= 4 is 28.3 Å². The van der Waals surface area contributed by atoms with Crippen LogP contribution in [-0.2, 0) is 4.79 Å². The van der Waals surface area contributed by atoms with Crippen molar-refractivity contribution in [3.63, 3.8) is 0 Å². The highest BCUT2D eigenvalue weighted by atomic mass is 32.1. The molecule has 0 atom stereocenters. The highest BCUT2D eigenvalue weighted by Gasteiger charge is 2.11. The summed E-state index contributed by atoms with van der Waals surface area (Å²) in [6.07, 6.45) is 0.130. The van der Waals surface area contributed by atoms with Crippen LogP contribution in [0.4, 0.5) is 5.13 Å². The summed E-state index contributed by atoms with van der Waals surface area (Å²) in [4.78, 5) is 23.9. The Hall–Kier alpha value is -2.68. The van der Waals surface area contributed by atoms with E-state index in [-0.39, 0.29) is 24.8 Å². The Morgan fingerprint density at radius 2 is 1.79 bits per heavy atom. The van der Waals surface area contributed by atoms with Crippen LogP contribution in [0.1, 0.15) is 21.8 Å². The normalized spacial score (nSPS) is 10.1. The third kappa shape index (κ3) is 4.92. The van der Waals surface area contributed by atoms with E-state index in [1.807, 2.05) is 0 Å². The summed E-state index contributed by atoms with van der Waals surface area (Å²) in [7, 11) is 3.02. The lowest BCUT2D eigenvalue weighted by Crippen LogP contribution is -2.27. The summed E-state index contributed by atoms with van der Waals surface area (Å²) < 4.78 is 10.2. The SMILES string of the molecule is COc1cc(OC)cc(C(=O)NCCC(=O)Nc2nnc(C)s2)c1. The first-order chi connectivity index (χ1) is 11.5. The van der Waals surface area contributed by atoms with Gasteiger partial charge in [-0.05, 0) is 19.1 Å². The molecule has 0 fully saturated rings. The standard InChI is InChI=1S/C15H18N4O4S/c1-9-18-19-15(24-9)17-13(20)4-5-16-14(21)10-6-11(22-2)8-12(7-10)23-3/h6-8H,4-5H2,1-3H3,(H,16,21)(H,17,19,20). The molecule has 0 unspecified atom stereocenters. The van der Waals surface area contributed by atoms with Gasteiger partial charge in [0.15, 0.2) is 0 Å². The second-order valence-corrected chi connectivity index (χ2v) is 5.96. The number of aryl methyl sites for hydroxylation is 1. The molecule has 2 rings (SSSR count). The van der Waals surface area contributed by atoms with E-state index in [9.17, 15) is 9.59 Å². The Bertz CT molecular complexity index is 710. The number of methoxy groups -OCH3 is 2. The molecule has 1 aromatic carbocycles. The smallest absolute Gasteiger partial charge is 0.251 e. The van der Waals surface area contributed by atoms with E-state index in [1.165, 1.54) is 25.6 Å². The molecule has 128 valence electrons. The molecule has 9 heteroatoms. The molecule has 2 aromatic rings. The van der Waals surface area contributed by atoms with Gasteiger partial charge in [-0.15, -0.1) is 10.2 Å². The van der Waals surface area contributed by atoms with E-state index in [0.29, 0.717) is 22.2 Å². The molecule has 0 radical (unpaired) electrons. The van der Waals surface area contributed by atoms with Gasteiger partial charge in [-0.2, -0.15) is 0 Å². The molecule has 8 nitrogen and oxygen atoms in total. The van der Waals surface area contributed by atoms with Crippen molar-refractivity contribution in [3.05, 3.63) is 28.8 Å². The van der Waals surface area contributed by atoms with Crippen LogP contribution in [0.3, 0.4) is 0 Å². The van der Waals surface area contributed by atoms with Crippen LogP contribution in [0.5, 0.6) is 11.5 Å². The number of hydrogen-bond donors (Lipinski definition) is 2. The zero-order valence-corrected chi connectivity index (χ0v) is 14.4. The number of carbonyl (C=O) groups excluding carboxylic acids is 2. The Morgan fingerprint density at radius 1 is 1.12 bits per heavy atom. The van der Waals surface area contributed by atoms with Crippen LogP contribution >= 0.6 is 11.3 Å². The molecule has 0 spiro atoms. The van der Waals surface area contributed by atoms with Gasteiger partial charge in [0.05, 0.1) is 14.2 Å². The van der Waals surface area contributed by atoms with Gasteiger partial charge in [-0.1, -0.05) is 11.3 Å². The predicted molar refractivity (Wildman–Crippen MR) is 89.8 cm³/mol. The van der Waals surface area contributed by atoms with Gasteiger partial charge in [0, 0.05) is 24.6 Å². The van der Waals surface area contributed by atoms with Crippen molar-refractivity contribution in [2.75, 3.05) is 26.1 Å². The van der Waals surface area contributed by atoms with Gasteiger partial charge in [-0.25, -0.2) is 0 Å². The lowest BCUT2D eigenvalue weighted by atomic mass is 10.2. The maximum absolute atomic E-state index is 12.1. The number of benzene rings is 1. The Labute approximate surface area is 143 Å². The minimum atomic E-state index is -0.313. The van der Waals surface area contributed by atoms with Crippen molar-refractivity contribution in [3.8, 4) is 11.5 Å². The van der Waals surface area contributed by atoms with Crippen LogP contribution in [0.15, 0.2) is 18.2 Å². The van der Waals surface area contributed by atoms with E-state index in [2.05, 4.69) is 20.8 Å². The zero-order valence-electron chi connectivity index (χ0n) is 13.6. The first-order valence-corrected chi connectivity index (χ1v) is 7.94.